The van der Waals surface area contributed by atoms with Crippen LogP contribution in [0.4, 0.5) is 13.2 Å². The van der Waals surface area contributed by atoms with Gasteiger partial charge in [0.1, 0.15) is 0 Å². The van der Waals surface area contributed by atoms with Crippen LogP contribution < -0.4 is 10.3 Å². The summed E-state index contributed by atoms with van der Waals surface area (Å²) in [6.45, 7) is -0.233. The molecule has 0 N–H and O–H groups in total. The van der Waals surface area contributed by atoms with Crippen molar-refractivity contribution < 1.29 is 17.9 Å². The van der Waals surface area contributed by atoms with Crippen LogP contribution in [0.25, 0.3) is 16.9 Å². The Kier molecular flexibility index (Phi) is 4.90. The Bertz CT molecular complexity index is 980. The molecule has 0 aliphatic heterocycles. The summed E-state index contributed by atoms with van der Waals surface area (Å²) in [4.78, 5) is 21.1. The van der Waals surface area contributed by atoms with Crippen molar-refractivity contribution in [3.05, 3.63) is 46.0 Å². The highest BCUT2D eigenvalue weighted by Gasteiger charge is 2.26. The van der Waals surface area contributed by atoms with Gasteiger partial charge < -0.3 is 9.30 Å². The van der Waals surface area contributed by atoms with E-state index in [4.69, 9.17) is 16.3 Å². The zero-order chi connectivity index (χ0) is 18.9. The number of imidazole rings is 1. The predicted molar refractivity (Wildman–Crippen MR) is 89.9 cm³/mol. The van der Waals surface area contributed by atoms with Gasteiger partial charge in [-0.2, -0.15) is 18.2 Å². The Morgan fingerprint density at radius 2 is 1.92 bits per heavy atom. The van der Waals surface area contributed by atoms with Crippen molar-refractivity contribution in [2.24, 2.45) is 7.05 Å². The number of nitrogens with zero attached hydrogens (tertiary/aromatic N) is 4. The van der Waals surface area contributed by atoms with E-state index >= 15 is 0 Å². The average molecular weight is 387 g/mol. The largest absolute Gasteiger partial charge is 0.464 e. The first-order chi connectivity index (χ1) is 12.3. The number of ether oxygens (including phenoxy) is 1. The van der Waals surface area contributed by atoms with Crippen molar-refractivity contribution in [1.82, 2.24) is 19.1 Å². The van der Waals surface area contributed by atoms with E-state index in [0.29, 0.717) is 10.7 Å². The molecule has 0 amide bonds. The lowest BCUT2D eigenvalue weighted by Gasteiger charge is -2.13. The van der Waals surface area contributed by atoms with Crippen molar-refractivity contribution in [1.29, 1.82) is 0 Å². The van der Waals surface area contributed by atoms with Crippen LogP contribution in [0.1, 0.15) is 12.8 Å². The lowest BCUT2D eigenvalue weighted by Crippen LogP contribution is -2.23. The van der Waals surface area contributed by atoms with Crippen LogP contribution in [0.2, 0.25) is 5.02 Å². The number of halogens is 4. The van der Waals surface area contributed by atoms with Gasteiger partial charge in [-0.1, -0.05) is 11.6 Å². The van der Waals surface area contributed by atoms with Gasteiger partial charge in [0.05, 0.1) is 18.6 Å². The van der Waals surface area contributed by atoms with Crippen LogP contribution in [0.3, 0.4) is 0 Å². The minimum Gasteiger partial charge on any atom is -0.464 e. The van der Waals surface area contributed by atoms with E-state index in [9.17, 15) is 18.0 Å². The van der Waals surface area contributed by atoms with Gasteiger partial charge in [0.15, 0.2) is 11.2 Å². The molecular weight excluding hydrogens is 373 g/mol. The highest BCUT2D eigenvalue weighted by atomic mass is 35.5. The fourth-order valence-electron chi connectivity index (χ4n) is 2.39. The normalized spacial score (nSPS) is 11.9. The zero-order valence-electron chi connectivity index (χ0n) is 13.6. The number of aryl methyl sites for hydroxylation is 1. The maximum absolute atomic E-state index is 12.8. The van der Waals surface area contributed by atoms with E-state index in [-0.39, 0.29) is 30.2 Å². The van der Waals surface area contributed by atoms with Gasteiger partial charge in [0.25, 0.3) is 5.56 Å². The predicted octanol–water partition coefficient (Wildman–Crippen LogP) is 3.49. The molecule has 3 rings (SSSR count). The minimum atomic E-state index is -4.27. The molecule has 0 spiro atoms. The summed E-state index contributed by atoms with van der Waals surface area (Å²) in [6.07, 6.45) is -4.06. The number of benzene rings is 1. The molecule has 0 aliphatic carbocycles. The fourth-order valence-corrected chi connectivity index (χ4v) is 2.52. The van der Waals surface area contributed by atoms with Crippen LogP contribution in [-0.2, 0) is 7.05 Å². The Labute approximate surface area is 150 Å². The first-order valence-electron chi connectivity index (χ1n) is 7.66. The number of aromatic nitrogens is 4. The first-order valence-corrected chi connectivity index (χ1v) is 8.03. The lowest BCUT2D eigenvalue weighted by atomic mass is 10.3. The molecule has 26 heavy (non-hydrogen) atoms. The van der Waals surface area contributed by atoms with Crippen LogP contribution in [0.15, 0.2) is 35.4 Å². The summed E-state index contributed by atoms with van der Waals surface area (Å²) in [7, 11) is 1.65. The van der Waals surface area contributed by atoms with Gasteiger partial charge in [-0.15, -0.1) is 0 Å². The van der Waals surface area contributed by atoms with Gasteiger partial charge in [-0.05, 0) is 30.7 Å². The standard InChI is InChI=1S/C16H14ClF3N4O2/c1-23-9-21-12-13(23)22-15(26-8-2-7-16(18,19)20)24(14(12)25)11-5-3-10(17)4-6-11/h3-6,9H,2,7-8H2,1H3. The van der Waals surface area contributed by atoms with E-state index in [0.717, 1.165) is 0 Å². The van der Waals surface area contributed by atoms with Crippen molar-refractivity contribution in [3.8, 4) is 11.7 Å². The van der Waals surface area contributed by atoms with Crippen LogP contribution in [-0.4, -0.2) is 31.9 Å². The third-order valence-corrected chi connectivity index (χ3v) is 3.88. The molecule has 0 bridgehead atoms. The molecule has 2 heterocycles. The van der Waals surface area contributed by atoms with Gasteiger partial charge in [-0.25, -0.2) is 9.55 Å². The Hall–Kier alpha value is -2.55. The third-order valence-electron chi connectivity index (χ3n) is 3.63. The molecule has 0 unspecified atom stereocenters. The molecular formula is C16H14ClF3N4O2. The molecule has 1 aromatic carbocycles. The number of rotatable bonds is 5. The van der Waals surface area contributed by atoms with Crippen molar-refractivity contribution in [2.45, 2.75) is 19.0 Å². The van der Waals surface area contributed by atoms with E-state index in [1.807, 2.05) is 0 Å². The Balaban J connectivity index is 2.01. The lowest BCUT2D eigenvalue weighted by molar-refractivity contribution is -0.136. The minimum absolute atomic E-state index is 0.101. The molecule has 0 aliphatic rings. The van der Waals surface area contributed by atoms with Gasteiger partial charge in [0, 0.05) is 18.5 Å². The second-order valence-corrected chi connectivity index (χ2v) is 6.04. The summed E-state index contributed by atoms with van der Waals surface area (Å²) in [5, 5.41) is 0.473. The number of alkyl halides is 3. The molecule has 6 nitrogen and oxygen atoms in total. The van der Waals surface area contributed by atoms with Gasteiger partial charge in [0.2, 0.25) is 0 Å². The second kappa shape index (κ2) is 6.99. The van der Waals surface area contributed by atoms with Crippen molar-refractivity contribution >= 4 is 22.8 Å². The van der Waals surface area contributed by atoms with E-state index in [1.54, 1.807) is 31.3 Å². The molecule has 10 heteroatoms. The van der Waals surface area contributed by atoms with E-state index < -0.39 is 18.2 Å². The Morgan fingerprint density at radius 1 is 1.23 bits per heavy atom. The average Bonchev–Trinajstić information content (AvgIpc) is 2.94. The highest BCUT2D eigenvalue weighted by Crippen LogP contribution is 2.22. The number of hydrogen-bond donors (Lipinski definition) is 0. The Morgan fingerprint density at radius 3 is 2.58 bits per heavy atom. The smallest absolute Gasteiger partial charge is 0.389 e. The van der Waals surface area contributed by atoms with Crippen LogP contribution >= 0.6 is 11.6 Å². The van der Waals surface area contributed by atoms with Crippen LogP contribution in [0, 0.1) is 0 Å². The third kappa shape index (κ3) is 3.82. The molecule has 138 valence electrons. The number of hydrogen-bond acceptors (Lipinski definition) is 4. The molecule has 0 radical (unpaired) electrons. The molecule has 3 aromatic rings. The first kappa shape index (κ1) is 18.2. The van der Waals surface area contributed by atoms with E-state index in [2.05, 4.69) is 9.97 Å². The highest BCUT2D eigenvalue weighted by molar-refractivity contribution is 6.30. The molecule has 0 saturated heterocycles. The topological polar surface area (TPSA) is 61.9 Å². The van der Waals surface area contributed by atoms with Gasteiger partial charge in [-0.3, -0.25) is 4.79 Å². The second-order valence-electron chi connectivity index (χ2n) is 5.61. The zero-order valence-corrected chi connectivity index (χ0v) is 14.4. The quantitative estimate of drug-likeness (QED) is 0.630. The molecule has 0 fully saturated rings. The summed E-state index contributed by atoms with van der Waals surface area (Å²) in [5.74, 6) is 0. The summed E-state index contributed by atoms with van der Waals surface area (Å²) in [5.41, 5.74) is 0.352. The number of fused-ring (bicyclic) bond motifs is 1. The summed E-state index contributed by atoms with van der Waals surface area (Å²) < 4.78 is 45.0. The molecule has 2 aromatic heterocycles. The SMILES string of the molecule is Cn1cnc2c(=O)n(-c3ccc(Cl)cc3)c(OCCCC(F)(F)F)nc21. The molecule has 0 atom stereocenters. The van der Waals surface area contributed by atoms with Gasteiger partial charge >= 0.3 is 12.2 Å². The summed E-state index contributed by atoms with van der Waals surface area (Å²) >= 11 is 5.87. The maximum Gasteiger partial charge on any atom is 0.389 e. The summed E-state index contributed by atoms with van der Waals surface area (Å²) in [6, 6.07) is 6.24. The molecule has 0 saturated carbocycles. The van der Waals surface area contributed by atoms with Crippen molar-refractivity contribution in [3.63, 3.8) is 0 Å². The maximum atomic E-state index is 12.8. The van der Waals surface area contributed by atoms with Crippen LogP contribution in [0.5, 0.6) is 6.01 Å². The fraction of sp³-hybridized carbons (Fsp3) is 0.312. The van der Waals surface area contributed by atoms with E-state index in [1.165, 1.54) is 15.5 Å². The van der Waals surface area contributed by atoms with Crippen molar-refractivity contribution in [2.75, 3.05) is 6.61 Å². The monoisotopic (exact) mass is 386 g/mol.